The van der Waals surface area contributed by atoms with Gasteiger partial charge in [0.1, 0.15) is 5.75 Å². The van der Waals surface area contributed by atoms with E-state index in [4.69, 9.17) is 21.1 Å². The minimum atomic E-state index is -0.625. The van der Waals surface area contributed by atoms with Crippen molar-refractivity contribution < 1.29 is 23.9 Å². The Labute approximate surface area is 162 Å². The van der Waals surface area contributed by atoms with Crippen molar-refractivity contribution in [1.82, 2.24) is 5.32 Å². The molecule has 3 rings (SSSR count). The second-order valence-corrected chi connectivity index (χ2v) is 7.31. The molecule has 2 aliphatic rings. The minimum absolute atomic E-state index is 0.0265. The molecular formula is C19H23ClN2O5. The maximum absolute atomic E-state index is 12.4. The molecule has 1 N–H and O–H groups in total. The van der Waals surface area contributed by atoms with Crippen LogP contribution in [0.15, 0.2) is 18.2 Å². The van der Waals surface area contributed by atoms with Gasteiger partial charge in [0.05, 0.1) is 18.7 Å². The zero-order valence-electron chi connectivity index (χ0n) is 15.2. The normalized spacial score (nSPS) is 20.0. The third-order valence-corrected chi connectivity index (χ3v) is 5.19. The van der Waals surface area contributed by atoms with Gasteiger partial charge in [0.15, 0.2) is 6.61 Å². The lowest BCUT2D eigenvalue weighted by Crippen LogP contribution is -2.36. The molecule has 0 spiro atoms. The van der Waals surface area contributed by atoms with Gasteiger partial charge >= 0.3 is 5.97 Å². The van der Waals surface area contributed by atoms with Crippen LogP contribution in [0.5, 0.6) is 5.75 Å². The van der Waals surface area contributed by atoms with Crippen LogP contribution in [0, 0.1) is 5.92 Å². The summed E-state index contributed by atoms with van der Waals surface area (Å²) in [5, 5.41) is 3.33. The van der Waals surface area contributed by atoms with Gasteiger partial charge in [-0.2, -0.15) is 0 Å². The van der Waals surface area contributed by atoms with Crippen molar-refractivity contribution in [2.45, 2.75) is 38.1 Å². The summed E-state index contributed by atoms with van der Waals surface area (Å²) in [5.74, 6) is -1.19. The number of carbonyl (C=O) groups excluding carboxylic acids is 3. The van der Waals surface area contributed by atoms with Gasteiger partial charge in [0.25, 0.3) is 5.91 Å². The topological polar surface area (TPSA) is 84.9 Å². The largest absolute Gasteiger partial charge is 0.495 e. The highest BCUT2D eigenvalue weighted by atomic mass is 35.5. The van der Waals surface area contributed by atoms with Crippen LogP contribution in [0.25, 0.3) is 0 Å². The summed E-state index contributed by atoms with van der Waals surface area (Å²) in [5.41, 5.74) is 0.518. The van der Waals surface area contributed by atoms with E-state index in [1.807, 2.05) is 0 Å². The maximum Gasteiger partial charge on any atom is 0.311 e. The van der Waals surface area contributed by atoms with Gasteiger partial charge in [-0.15, -0.1) is 0 Å². The maximum atomic E-state index is 12.4. The summed E-state index contributed by atoms with van der Waals surface area (Å²) in [6.07, 6.45) is 4.18. The molecule has 8 heteroatoms. The highest BCUT2D eigenvalue weighted by molar-refractivity contribution is 6.31. The molecule has 0 bridgehead atoms. The van der Waals surface area contributed by atoms with Gasteiger partial charge in [0.2, 0.25) is 5.91 Å². The number of rotatable bonds is 6. The Bertz CT molecular complexity index is 733. The SMILES string of the molecule is COc1ccc(Cl)cc1N1C[C@H](C(=O)OCC(=O)NC2CCCC2)CC1=O. The number of halogens is 1. The highest BCUT2D eigenvalue weighted by Crippen LogP contribution is 2.35. The Kier molecular flexibility index (Phi) is 6.21. The molecular weight excluding hydrogens is 372 g/mol. The Hall–Kier alpha value is -2.28. The summed E-state index contributed by atoms with van der Waals surface area (Å²) in [4.78, 5) is 38.0. The first-order chi connectivity index (χ1) is 13.0. The molecule has 0 unspecified atom stereocenters. The number of nitrogens with zero attached hydrogens (tertiary/aromatic N) is 1. The second kappa shape index (κ2) is 8.61. The number of carbonyl (C=O) groups is 3. The third kappa shape index (κ3) is 4.71. The van der Waals surface area contributed by atoms with E-state index in [2.05, 4.69) is 5.32 Å². The summed E-state index contributed by atoms with van der Waals surface area (Å²) >= 11 is 6.02. The number of methoxy groups -OCH3 is 1. The van der Waals surface area contributed by atoms with E-state index in [9.17, 15) is 14.4 Å². The zero-order chi connectivity index (χ0) is 19.4. The second-order valence-electron chi connectivity index (χ2n) is 6.88. The summed E-state index contributed by atoms with van der Waals surface area (Å²) in [6, 6.07) is 5.14. The van der Waals surface area contributed by atoms with Crippen molar-refractivity contribution in [2.24, 2.45) is 5.92 Å². The van der Waals surface area contributed by atoms with Gasteiger partial charge in [-0.1, -0.05) is 24.4 Å². The molecule has 0 radical (unpaired) electrons. The molecule has 1 aliphatic heterocycles. The van der Waals surface area contributed by atoms with Crippen molar-refractivity contribution in [1.29, 1.82) is 0 Å². The molecule has 0 aromatic heterocycles. The van der Waals surface area contributed by atoms with E-state index in [1.54, 1.807) is 18.2 Å². The number of amides is 2. The fourth-order valence-electron chi connectivity index (χ4n) is 3.57. The lowest BCUT2D eigenvalue weighted by molar-refractivity contribution is -0.152. The van der Waals surface area contributed by atoms with Gasteiger partial charge in [-0.3, -0.25) is 14.4 Å². The lowest BCUT2D eigenvalue weighted by Gasteiger charge is -2.19. The zero-order valence-corrected chi connectivity index (χ0v) is 16.0. The third-order valence-electron chi connectivity index (χ3n) is 4.96. The number of hydrogen-bond donors (Lipinski definition) is 1. The Morgan fingerprint density at radius 2 is 2.04 bits per heavy atom. The van der Waals surface area contributed by atoms with E-state index < -0.39 is 11.9 Å². The van der Waals surface area contributed by atoms with Crippen molar-refractivity contribution in [3.63, 3.8) is 0 Å². The molecule has 146 valence electrons. The van der Waals surface area contributed by atoms with Crippen LogP contribution >= 0.6 is 11.6 Å². The molecule has 1 heterocycles. The molecule has 1 aromatic rings. The van der Waals surface area contributed by atoms with E-state index >= 15 is 0 Å². The summed E-state index contributed by atoms with van der Waals surface area (Å²) in [7, 11) is 1.50. The quantitative estimate of drug-likeness (QED) is 0.748. The monoisotopic (exact) mass is 394 g/mol. The molecule has 1 saturated heterocycles. The van der Waals surface area contributed by atoms with Crippen LogP contribution in [0.1, 0.15) is 32.1 Å². The number of ether oxygens (including phenoxy) is 2. The van der Waals surface area contributed by atoms with E-state index in [1.165, 1.54) is 12.0 Å². The highest BCUT2D eigenvalue weighted by Gasteiger charge is 2.37. The Morgan fingerprint density at radius 1 is 1.30 bits per heavy atom. The van der Waals surface area contributed by atoms with Crippen LogP contribution in [0.2, 0.25) is 5.02 Å². The van der Waals surface area contributed by atoms with Crippen LogP contribution in [0.4, 0.5) is 5.69 Å². The Balaban J connectivity index is 1.56. The summed E-state index contributed by atoms with van der Waals surface area (Å²) in [6.45, 7) is -0.154. The van der Waals surface area contributed by atoms with Gasteiger partial charge in [0, 0.05) is 24.0 Å². The van der Waals surface area contributed by atoms with Gasteiger partial charge < -0.3 is 19.7 Å². The van der Waals surface area contributed by atoms with E-state index in [0.29, 0.717) is 16.5 Å². The number of esters is 1. The van der Waals surface area contributed by atoms with Crippen molar-refractivity contribution >= 4 is 35.1 Å². The number of hydrogen-bond acceptors (Lipinski definition) is 5. The number of benzene rings is 1. The van der Waals surface area contributed by atoms with Crippen molar-refractivity contribution in [3.05, 3.63) is 23.2 Å². The first-order valence-electron chi connectivity index (χ1n) is 9.08. The number of nitrogens with one attached hydrogen (secondary N) is 1. The number of anilines is 1. The van der Waals surface area contributed by atoms with E-state index in [-0.39, 0.29) is 37.4 Å². The summed E-state index contributed by atoms with van der Waals surface area (Å²) < 4.78 is 10.4. The molecule has 2 amide bonds. The van der Waals surface area contributed by atoms with E-state index in [0.717, 1.165) is 25.7 Å². The molecule has 2 fully saturated rings. The molecule has 1 saturated carbocycles. The predicted molar refractivity (Wildman–Crippen MR) is 99.8 cm³/mol. The van der Waals surface area contributed by atoms with Crippen LogP contribution in [-0.2, 0) is 19.1 Å². The van der Waals surface area contributed by atoms with Crippen LogP contribution in [0.3, 0.4) is 0 Å². The van der Waals surface area contributed by atoms with Crippen molar-refractivity contribution in [2.75, 3.05) is 25.2 Å². The first-order valence-corrected chi connectivity index (χ1v) is 9.45. The molecule has 7 nitrogen and oxygen atoms in total. The average Bonchev–Trinajstić information content (AvgIpc) is 3.29. The molecule has 1 aliphatic carbocycles. The standard InChI is InChI=1S/C19H23ClN2O5/c1-26-16-7-6-13(20)9-15(16)22-10-12(8-18(22)24)19(25)27-11-17(23)21-14-4-2-3-5-14/h6-7,9,12,14H,2-5,8,10-11H2,1H3,(H,21,23)/t12-/m1/s1. The average molecular weight is 395 g/mol. The van der Waals surface area contributed by atoms with Gasteiger partial charge in [-0.05, 0) is 31.0 Å². The molecule has 27 heavy (non-hydrogen) atoms. The Morgan fingerprint density at radius 3 is 2.74 bits per heavy atom. The predicted octanol–water partition coefficient (Wildman–Crippen LogP) is 2.30. The van der Waals surface area contributed by atoms with Crippen LogP contribution in [-0.4, -0.2) is 44.1 Å². The van der Waals surface area contributed by atoms with Crippen molar-refractivity contribution in [3.8, 4) is 5.75 Å². The smallest absolute Gasteiger partial charge is 0.311 e. The van der Waals surface area contributed by atoms with Gasteiger partial charge in [-0.25, -0.2) is 0 Å². The lowest BCUT2D eigenvalue weighted by atomic mass is 10.1. The fraction of sp³-hybridized carbons (Fsp3) is 0.526. The first kappa shape index (κ1) is 19.5. The van der Waals surface area contributed by atoms with Crippen LogP contribution < -0.4 is 15.0 Å². The fourth-order valence-corrected chi connectivity index (χ4v) is 3.73. The minimum Gasteiger partial charge on any atom is -0.495 e. The molecule has 1 aromatic carbocycles. The molecule has 1 atom stereocenters.